The summed E-state index contributed by atoms with van der Waals surface area (Å²) in [6.45, 7) is 0.574. The maximum Gasteiger partial charge on any atom is 0.277 e. The summed E-state index contributed by atoms with van der Waals surface area (Å²) in [5.41, 5.74) is 13.4. The molecule has 1 unspecified atom stereocenters. The molecule has 39 heavy (non-hydrogen) atoms. The van der Waals surface area contributed by atoms with E-state index in [2.05, 4.69) is 19.9 Å². The van der Waals surface area contributed by atoms with Crippen LogP contribution in [0.25, 0.3) is 22.6 Å². The van der Waals surface area contributed by atoms with Gasteiger partial charge in [0.25, 0.3) is 11.9 Å². The molecule has 0 spiro atoms. The summed E-state index contributed by atoms with van der Waals surface area (Å²) in [7, 11) is 1.34. The van der Waals surface area contributed by atoms with E-state index >= 15 is 0 Å². The Morgan fingerprint density at radius 2 is 1.90 bits per heavy atom. The van der Waals surface area contributed by atoms with E-state index in [4.69, 9.17) is 21.2 Å². The molecule has 0 radical (unpaired) electrons. The molecule has 1 saturated carbocycles. The van der Waals surface area contributed by atoms with Crippen molar-refractivity contribution in [3.63, 3.8) is 0 Å². The van der Waals surface area contributed by atoms with E-state index in [1.165, 1.54) is 25.8 Å². The molecule has 0 aromatic carbocycles. The van der Waals surface area contributed by atoms with E-state index in [0.29, 0.717) is 41.2 Å². The minimum absolute atomic E-state index is 0.00827. The van der Waals surface area contributed by atoms with Crippen LogP contribution in [0.5, 0.6) is 5.75 Å². The number of anilines is 2. The molecule has 4 aromatic rings. The smallest absolute Gasteiger partial charge is 0.277 e. The fourth-order valence-corrected chi connectivity index (χ4v) is 5.75. The largest absolute Gasteiger partial charge is 0.492 e. The zero-order valence-corrected chi connectivity index (χ0v) is 20.9. The van der Waals surface area contributed by atoms with Crippen molar-refractivity contribution in [3.8, 4) is 17.1 Å². The summed E-state index contributed by atoms with van der Waals surface area (Å²) >= 11 is 0. The molecule has 4 aromatic heterocycles. The zero-order valence-electron chi connectivity index (χ0n) is 20.9. The average Bonchev–Trinajstić information content (AvgIpc) is 3.41. The first kappa shape index (κ1) is 25.2. The van der Waals surface area contributed by atoms with Crippen LogP contribution in [0.2, 0.25) is 0 Å². The number of methoxy groups -OCH3 is 1. The lowest BCUT2D eigenvalue weighted by atomic mass is 9.82. The van der Waals surface area contributed by atoms with Gasteiger partial charge in [0.15, 0.2) is 17.2 Å². The predicted octanol–water partition coefficient (Wildman–Crippen LogP) is 2.13. The number of hydrogen-bond donors (Lipinski definition) is 3. The van der Waals surface area contributed by atoms with Crippen molar-refractivity contribution < 1.29 is 23.0 Å². The number of pyridine rings is 2. The van der Waals surface area contributed by atoms with E-state index in [1.807, 2.05) is 0 Å². The summed E-state index contributed by atoms with van der Waals surface area (Å²) in [5.74, 6) is -3.91. The molecule has 204 valence electrons. The SMILES string of the molecule is COc1ccc(-c2ccc(N3CCC[C@@]4(N)C3CC(F)(F)[C@@H]4O)c(Cn3cnc4c(N)ncnc43)n2)nc1F. The Balaban J connectivity index is 1.47. The van der Waals surface area contributed by atoms with Gasteiger partial charge < -0.3 is 30.8 Å². The highest BCUT2D eigenvalue weighted by molar-refractivity contribution is 5.81. The average molecular weight is 542 g/mol. The topological polar surface area (TPSA) is 154 Å². The molecule has 0 amide bonds. The Labute approximate surface area is 220 Å². The van der Waals surface area contributed by atoms with E-state index in [9.17, 15) is 18.3 Å². The van der Waals surface area contributed by atoms with Gasteiger partial charge in [0.2, 0.25) is 0 Å². The molecule has 6 rings (SSSR count). The number of piperidine rings is 1. The summed E-state index contributed by atoms with van der Waals surface area (Å²) in [4.78, 5) is 23.1. The minimum atomic E-state index is -3.32. The van der Waals surface area contributed by atoms with Crippen LogP contribution in [-0.2, 0) is 6.54 Å². The first-order valence-corrected chi connectivity index (χ1v) is 12.4. The van der Waals surface area contributed by atoms with Gasteiger partial charge in [0.1, 0.15) is 17.9 Å². The second-order valence-electron chi connectivity index (χ2n) is 9.95. The summed E-state index contributed by atoms with van der Waals surface area (Å²) in [6.07, 6.45) is 1.08. The fourth-order valence-electron chi connectivity index (χ4n) is 5.75. The lowest BCUT2D eigenvalue weighted by Crippen LogP contribution is -2.64. The number of halogens is 3. The third kappa shape index (κ3) is 4.01. The molecule has 11 nitrogen and oxygen atoms in total. The summed E-state index contributed by atoms with van der Waals surface area (Å²) < 4.78 is 50.5. The van der Waals surface area contributed by atoms with Crippen molar-refractivity contribution in [1.29, 1.82) is 0 Å². The number of aromatic nitrogens is 6. The van der Waals surface area contributed by atoms with Gasteiger partial charge in [-0.15, -0.1) is 0 Å². The maximum absolute atomic E-state index is 14.7. The third-order valence-electron chi connectivity index (χ3n) is 7.69. The second kappa shape index (κ2) is 9.02. The highest BCUT2D eigenvalue weighted by Crippen LogP contribution is 2.48. The Kier molecular flexibility index (Phi) is 5.84. The van der Waals surface area contributed by atoms with Gasteiger partial charge in [0, 0.05) is 13.0 Å². The number of aliphatic hydroxyl groups excluding tert-OH is 1. The van der Waals surface area contributed by atoms with Gasteiger partial charge in [-0.3, -0.25) is 0 Å². The van der Waals surface area contributed by atoms with Crippen LogP contribution in [0, 0.1) is 5.95 Å². The fraction of sp³-hybridized carbons (Fsp3) is 0.400. The van der Waals surface area contributed by atoms with Gasteiger partial charge in [-0.05, 0) is 37.1 Å². The van der Waals surface area contributed by atoms with Crippen molar-refractivity contribution in [2.24, 2.45) is 5.73 Å². The van der Waals surface area contributed by atoms with Crippen LogP contribution in [0.1, 0.15) is 25.0 Å². The number of nitrogens with zero attached hydrogens (tertiary/aromatic N) is 7. The molecule has 3 atom stereocenters. The monoisotopic (exact) mass is 541 g/mol. The van der Waals surface area contributed by atoms with Crippen LogP contribution in [-0.4, -0.2) is 71.9 Å². The van der Waals surface area contributed by atoms with E-state index in [0.717, 1.165) is 0 Å². The van der Waals surface area contributed by atoms with Crippen LogP contribution < -0.4 is 21.1 Å². The van der Waals surface area contributed by atoms with Gasteiger partial charge in [-0.2, -0.15) is 4.39 Å². The van der Waals surface area contributed by atoms with Gasteiger partial charge in [-0.25, -0.2) is 33.7 Å². The highest BCUT2D eigenvalue weighted by Gasteiger charge is 2.64. The minimum Gasteiger partial charge on any atom is -0.492 e. The number of imidazole rings is 1. The lowest BCUT2D eigenvalue weighted by molar-refractivity contribution is -0.104. The normalized spacial score (nSPS) is 24.2. The quantitative estimate of drug-likeness (QED) is 0.320. The maximum atomic E-state index is 14.7. The molecule has 2 aliphatic rings. The van der Waals surface area contributed by atoms with Crippen LogP contribution in [0.15, 0.2) is 36.9 Å². The lowest BCUT2D eigenvalue weighted by Gasteiger charge is -2.46. The van der Waals surface area contributed by atoms with Crippen molar-refractivity contribution >= 4 is 22.7 Å². The summed E-state index contributed by atoms with van der Waals surface area (Å²) in [5, 5.41) is 10.4. The second-order valence-corrected chi connectivity index (χ2v) is 9.95. The third-order valence-corrected chi connectivity index (χ3v) is 7.69. The van der Waals surface area contributed by atoms with Crippen LogP contribution >= 0.6 is 0 Å². The van der Waals surface area contributed by atoms with Gasteiger partial charge >= 0.3 is 0 Å². The number of aliphatic hydroxyl groups is 1. The van der Waals surface area contributed by atoms with Crippen molar-refractivity contribution in [3.05, 3.63) is 48.6 Å². The van der Waals surface area contributed by atoms with E-state index < -0.39 is 36.0 Å². The van der Waals surface area contributed by atoms with Gasteiger partial charge in [0.05, 0.1) is 54.3 Å². The highest BCUT2D eigenvalue weighted by atomic mass is 19.3. The molecule has 2 fully saturated rings. The summed E-state index contributed by atoms with van der Waals surface area (Å²) in [6, 6.07) is 5.59. The number of fused-ring (bicyclic) bond motifs is 2. The molecule has 1 saturated heterocycles. The Bertz CT molecular complexity index is 1570. The Morgan fingerprint density at radius 3 is 2.67 bits per heavy atom. The van der Waals surface area contributed by atoms with Crippen LogP contribution in [0.3, 0.4) is 0 Å². The first-order chi connectivity index (χ1) is 18.6. The number of rotatable bonds is 5. The molecule has 1 aliphatic heterocycles. The Hall–Kier alpha value is -4.04. The number of nitrogen functional groups attached to an aromatic ring is 1. The predicted molar refractivity (Wildman–Crippen MR) is 136 cm³/mol. The molecule has 5 heterocycles. The number of ether oxygens (including phenoxy) is 1. The Morgan fingerprint density at radius 1 is 1.13 bits per heavy atom. The molecule has 0 bridgehead atoms. The van der Waals surface area contributed by atoms with E-state index in [1.54, 1.807) is 27.7 Å². The molecule has 14 heteroatoms. The zero-order chi connectivity index (χ0) is 27.5. The number of alkyl halides is 2. The molecule has 5 N–H and O–H groups in total. The number of nitrogens with two attached hydrogens (primary N) is 2. The molecular formula is C25H26F3N9O2. The van der Waals surface area contributed by atoms with E-state index in [-0.39, 0.29) is 30.2 Å². The van der Waals surface area contributed by atoms with Crippen LogP contribution in [0.4, 0.5) is 24.7 Å². The standard InChI is InChI=1S/C25H26F3N9O2/c1-39-17-6-4-14(35-20(17)26)13-3-5-16(37-8-2-7-24(30)18(37)9-25(27,28)23(24)38)15(34-13)10-36-12-33-19-21(29)31-11-32-22(19)36/h3-6,11-12,18,23,38H,2,7-10,30H2,1H3,(H2,29,31,32)/t18?,23-,24-/m1/s1. The first-order valence-electron chi connectivity index (χ1n) is 12.4. The van der Waals surface area contributed by atoms with Gasteiger partial charge in [-0.1, -0.05) is 0 Å². The van der Waals surface area contributed by atoms with Crippen molar-refractivity contribution in [2.45, 2.75) is 49.4 Å². The molecule has 1 aliphatic carbocycles. The molecular weight excluding hydrogens is 515 g/mol. The van der Waals surface area contributed by atoms with Crippen molar-refractivity contribution in [1.82, 2.24) is 29.5 Å². The van der Waals surface area contributed by atoms with Crippen molar-refractivity contribution in [2.75, 3.05) is 24.3 Å². The number of hydrogen-bond acceptors (Lipinski definition) is 10.